The van der Waals surface area contributed by atoms with Crippen molar-refractivity contribution in [3.05, 3.63) is 71.5 Å². The van der Waals surface area contributed by atoms with Gasteiger partial charge in [-0.25, -0.2) is 4.39 Å². The van der Waals surface area contributed by atoms with Crippen molar-refractivity contribution in [3.63, 3.8) is 0 Å². The Kier molecular flexibility index (Phi) is 5.34. The second-order valence-electron chi connectivity index (χ2n) is 5.68. The maximum absolute atomic E-state index is 14.3. The summed E-state index contributed by atoms with van der Waals surface area (Å²) in [5.74, 6) is 1.60. The van der Waals surface area contributed by atoms with E-state index in [2.05, 4.69) is 0 Å². The Hall–Kier alpha value is -1.81. The molecule has 0 saturated carbocycles. The van der Waals surface area contributed by atoms with E-state index in [1.807, 2.05) is 53.1 Å². The fraction of sp³-hybridized carbons (Fsp3) is 0.316. The van der Waals surface area contributed by atoms with E-state index in [4.69, 9.17) is 0 Å². The Balaban J connectivity index is 1.87. The SMILES string of the molecule is O=C(C[C@H](c1ccccc1)c1ccccc1F)N1CCSCC1. The van der Waals surface area contributed by atoms with E-state index in [9.17, 15) is 9.18 Å². The molecule has 1 saturated heterocycles. The van der Waals surface area contributed by atoms with Crippen LogP contribution in [-0.2, 0) is 4.79 Å². The molecule has 0 unspecified atom stereocenters. The van der Waals surface area contributed by atoms with Crippen LogP contribution in [0.1, 0.15) is 23.5 Å². The maximum atomic E-state index is 14.3. The van der Waals surface area contributed by atoms with Crippen LogP contribution in [0.25, 0.3) is 0 Å². The molecule has 1 amide bonds. The summed E-state index contributed by atoms with van der Waals surface area (Å²) in [4.78, 5) is 14.6. The number of thioether (sulfide) groups is 1. The van der Waals surface area contributed by atoms with Crippen molar-refractivity contribution in [2.75, 3.05) is 24.6 Å². The molecular formula is C19H20FNOS. The zero-order chi connectivity index (χ0) is 16.1. The van der Waals surface area contributed by atoms with Crippen molar-refractivity contribution in [3.8, 4) is 0 Å². The molecule has 0 N–H and O–H groups in total. The second kappa shape index (κ2) is 7.64. The standard InChI is InChI=1S/C19H20FNOS/c20-18-9-5-4-8-16(18)17(15-6-2-1-3-7-15)14-19(22)21-10-12-23-13-11-21/h1-9,17H,10-14H2/t17-/m1/s1. The number of nitrogens with zero attached hydrogens (tertiary/aromatic N) is 1. The van der Waals surface area contributed by atoms with Crippen molar-refractivity contribution in [2.45, 2.75) is 12.3 Å². The summed E-state index contributed by atoms with van der Waals surface area (Å²) in [5.41, 5.74) is 1.58. The summed E-state index contributed by atoms with van der Waals surface area (Å²) in [6.45, 7) is 1.59. The average molecular weight is 329 g/mol. The van der Waals surface area contributed by atoms with Crippen LogP contribution in [0, 0.1) is 5.82 Å². The number of rotatable bonds is 4. The second-order valence-corrected chi connectivity index (χ2v) is 6.91. The first-order chi connectivity index (χ1) is 11.3. The third-order valence-electron chi connectivity index (χ3n) is 4.23. The van der Waals surface area contributed by atoms with Gasteiger partial charge in [0.15, 0.2) is 0 Å². The molecule has 0 aromatic heterocycles. The zero-order valence-electron chi connectivity index (χ0n) is 13.0. The molecule has 3 rings (SSSR count). The van der Waals surface area contributed by atoms with Crippen LogP contribution in [0.3, 0.4) is 0 Å². The first-order valence-corrected chi connectivity index (χ1v) is 9.06. The van der Waals surface area contributed by atoms with Crippen molar-refractivity contribution < 1.29 is 9.18 Å². The Bertz CT molecular complexity index is 655. The summed E-state index contributed by atoms with van der Waals surface area (Å²) in [6, 6.07) is 16.5. The van der Waals surface area contributed by atoms with Crippen LogP contribution >= 0.6 is 11.8 Å². The summed E-state index contributed by atoms with van der Waals surface area (Å²) >= 11 is 1.88. The molecule has 4 heteroatoms. The highest BCUT2D eigenvalue weighted by Crippen LogP contribution is 2.30. The van der Waals surface area contributed by atoms with Crippen LogP contribution in [0.15, 0.2) is 54.6 Å². The van der Waals surface area contributed by atoms with Gasteiger partial charge in [-0.3, -0.25) is 4.79 Å². The van der Waals surface area contributed by atoms with Crippen LogP contribution in [0.2, 0.25) is 0 Å². The summed E-state index contributed by atoms with van der Waals surface area (Å²) in [6.07, 6.45) is 0.315. The molecule has 1 atom stereocenters. The normalized spacial score (nSPS) is 16.1. The minimum atomic E-state index is -0.247. The van der Waals surface area contributed by atoms with E-state index in [-0.39, 0.29) is 17.6 Å². The highest BCUT2D eigenvalue weighted by atomic mass is 32.2. The van der Waals surface area contributed by atoms with Gasteiger partial charge in [-0.2, -0.15) is 11.8 Å². The molecule has 0 bridgehead atoms. The predicted molar refractivity (Wildman–Crippen MR) is 93.2 cm³/mol. The van der Waals surface area contributed by atoms with Crippen LogP contribution in [0.5, 0.6) is 0 Å². The van der Waals surface area contributed by atoms with Crippen molar-refractivity contribution in [1.82, 2.24) is 4.90 Å². The van der Waals surface area contributed by atoms with Gasteiger partial charge in [0.1, 0.15) is 5.82 Å². The van der Waals surface area contributed by atoms with Crippen LogP contribution < -0.4 is 0 Å². The third-order valence-corrected chi connectivity index (χ3v) is 5.17. The molecule has 1 aliphatic heterocycles. The van der Waals surface area contributed by atoms with Crippen molar-refractivity contribution in [2.24, 2.45) is 0 Å². The number of hydrogen-bond donors (Lipinski definition) is 0. The molecule has 120 valence electrons. The molecule has 0 spiro atoms. The van der Waals surface area contributed by atoms with Crippen molar-refractivity contribution >= 4 is 17.7 Å². The zero-order valence-corrected chi connectivity index (χ0v) is 13.8. The van der Waals surface area contributed by atoms with Gasteiger partial charge in [-0.1, -0.05) is 48.5 Å². The molecule has 2 nitrogen and oxygen atoms in total. The van der Waals surface area contributed by atoms with E-state index in [1.54, 1.807) is 12.1 Å². The van der Waals surface area contributed by atoms with E-state index >= 15 is 0 Å². The molecule has 23 heavy (non-hydrogen) atoms. The van der Waals surface area contributed by atoms with E-state index in [0.717, 1.165) is 30.2 Å². The monoisotopic (exact) mass is 329 g/mol. The number of hydrogen-bond acceptors (Lipinski definition) is 2. The Labute approximate surface area is 140 Å². The molecule has 0 aliphatic carbocycles. The lowest BCUT2D eigenvalue weighted by atomic mass is 9.87. The van der Waals surface area contributed by atoms with Gasteiger partial charge in [-0.05, 0) is 17.2 Å². The Morgan fingerprint density at radius 1 is 1.04 bits per heavy atom. The number of carbonyl (C=O) groups excluding carboxylic acids is 1. The van der Waals surface area contributed by atoms with Gasteiger partial charge >= 0.3 is 0 Å². The molecule has 2 aromatic carbocycles. The van der Waals surface area contributed by atoms with E-state index < -0.39 is 0 Å². The van der Waals surface area contributed by atoms with Crippen molar-refractivity contribution in [1.29, 1.82) is 0 Å². The highest BCUT2D eigenvalue weighted by molar-refractivity contribution is 7.99. The average Bonchev–Trinajstić information content (AvgIpc) is 2.62. The van der Waals surface area contributed by atoms with Gasteiger partial charge in [0, 0.05) is 36.9 Å². The summed E-state index contributed by atoms with van der Waals surface area (Å²) < 4.78 is 14.3. The summed E-state index contributed by atoms with van der Waals surface area (Å²) in [5, 5.41) is 0. The maximum Gasteiger partial charge on any atom is 0.223 e. The number of amides is 1. The van der Waals surface area contributed by atoms with E-state index in [0.29, 0.717) is 12.0 Å². The third kappa shape index (κ3) is 3.94. The number of halogens is 1. The molecule has 0 radical (unpaired) electrons. The summed E-state index contributed by atoms with van der Waals surface area (Å²) in [7, 11) is 0. The predicted octanol–water partition coefficient (Wildman–Crippen LogP) is 3.92. The quantitative estimate of drug-likeness (QED) is 0.847. The smallest absolute Gasteiger partial charge is 0.223 e. The first kappa shape index (κ1) is 16.1. The number of benzene rings is 2. The van der Waals surface area contributed by atoms with E-state index in [1.165, 1.54) is 6.07 Å². The Morgan fingerprint density at radius 3 is 2.39 bits per heavy atom. The van der Waals surface area contributed by atoms with Crippen LogP contribution in [-0.4, -0.2) is 35.4 Å². The van der Waals surface area contributed by atoms with Gasteiger partial charge in [-0.15, -0.1) is 0 Å². The number of carbonyl (C=O) groups is 1. The lowest BCUT2D eigenvalue weighted by Gasteiger charge is -2.28. The fourth-order valence-electron chi connectivity index (χ4n) is 2.97. The fourth-order valence-corrected chi connectivity index (χ4v) is 3.87. The Morgan fingerprint density at radius 2 is 1.70 bits per heavy atom. The lowest BCUT2D eigenvalue weighted by Crippen LogP contribution is -2.38. The molecule has 1 fully saturated rings. The van der Waals surface area contributed by atoms with Gasteiger partial charge in [0.2, 0.25) is 5.91 Å². The minimum absolute atomic E-state index is 0.113. The lowest BCUT2D eigenvalue weighted by molar-refractivity contribution is -0.131. The van der Waals surface area contributed by atoms with Crippen LogP contribution in [0.4, 0.5) is 4.39 Å². The molecule has 2 aromatic rings. The van der Waals surface area contributed by atoms with Gasteiger partial charge < -0.3 is 4.90 Å². The highest BCUT2D eigenvalue weighted by Gasteiger charge is 2.24. The molecule has 1 aliphatic rings. The largest absolute Gasteiger partial charge is 0.341 e. The molecular weight excluding hydrogens is 309 g/mol. The van der Waals surface area contributed by atoms with Gasteiger partial charge in [0.05, 0.1) is 0 Å². The topological polar surface area (TPSA) is 20.3 Å². The first-order valence-electron chi connectivity index (χ1n) is 7.90. The van der Waals surface area contributed by atoms with Gasteiger partial charge in [0.25, 0.3) is 0 Å². The molecule has 1 heterocycles. The minimum Gasteiger partial charge on any atom is -0.341 e.